The minimum Gasteiger partial charge on any atom is -0.444 e. The highest BCUT2D eigenvalue weighted by Gasteiger charge is 2.52. The first-order valence-electron chi connectivity index (χ1n) is 9.57. The van der Waals surface area contributed by atoms with Crippen LogP contribution in [0, 0.1) is 0 Å². The number of carbonyl (C=O) groups is 1. The van der Waals surface area contributed by atoms with E-state index in [0.29, 0.717) is 0 Å². The molecule has 30 heavy (non-hydrogen) atoms. The van der Waals surface area contributed by atoms with Gasteiger partial charge in [-0.3, -0.25) is 4.98 Å². The topological polar surface area (TPSA) is 69.7 Å². The lowest BCUT2D eigenvalue weighted by Crippen LogP contribution is -2.41. The summed E-state index contributed by atoms with van der Waals surface area (Å²) >= 11 is 0. The van der Waals surface area contributed by atoms with E-state index in [0.717, 1.165) is 6.07 Å². The van der Waals surface area contributed by atoms with Crippen molar-refractivity contribution in [2.75, 3.05) is 6.54 Å². The standard InChI is InChI=1S/C20H28BF3N2O4/c1-17(2,3)28-16(27)26-12-13(21-29-18(4,5)19(6,7)30-21)11-15-14(20(22,23)24)9-8-10-25-15/h8-11H,12H2,1-7H3,(H,26,27). The molecule has 1 aliphatic rings. The molecule has 1 fully saturated rings. The van der Waals surface area contributed by atoms with Gasteiger partial charge in [0.15, 0.2) is 0 Å². The number of halogens is 3. The first-order valence-corrected chi connectivity index (χ1v) is 9.57. The average molecular weight is 428 g/mol. The average Bonchev–Trinajstić information content (AvgIpc) is 2.77. The molecule has 1 aromatic rings. The van der Waals surface area contributed by atoms with Crippen LogP contribution in [0.3, 0.4) is 0 Å². The normalized spacial score (nSPS) is 19.0. The first kappa shape index (κ1) is 24.2. The van der Waals surface area contributed by atoms with Gasteiger partial charge < -0.3 is 19.4 Å². The van der Waals surface area contributed by atoms with Crippen molar-refractivity contribution in [1.29, 1.82) is 0 Å². The van der Waals surface area contributed by atoms with Crippen molar-refractivity contribution < 1.29 is 32.0 Å². The molecule has 6 nitrogen and oxygen atoms in total. The van der Waals surface area contributed by atoms with E-state index in [1.807, 2.05) is 27.7 Å². The molecule has 1 aromatic heterocycles. The van der Waals surface area contributed by atoms with Crippen LogP contribution in [0.15, 0.2) is 23.8 Å². The van der Waals surface area contributed by atoms with E-state index in [4.69, 9.17) is 14.0 Å². The largest absolute Gasteiger partial charge is 0.492 e. The zero-order valence-corrected chi connectivity index (χ0v) is 18.3. The van der Waals surface area contributed by atoms with Crippen LogP contribution in [0.1, 0.15) is 59.7 Å². The molecule has 0 atom stereocenters. The number of alkyl carbamates (subject to hydrolysis) is 1. The summed E-state index contributed by atoms with van der Waals surface area (Å²) in [5.41, 5.74) is -3.04. The molecule has 166 valence electrons. The van der Waals surface area contributed by atoms with Crippen LogP contribution < -0.4 is 5.32 Å². The number of carbonyl (C=O) groups excluding carboxylic acids is 1. The molecule has 10 heteroatoms. The van der Waals surface area contributed by atoms with E-state index in [1.165, 1.54) is 18.3 Å². The predicted octanol–water partition coefficient (Wildman–Crippen LogP) is 4.64. The Labute approximate surface area is 175 Å². The summed E-state index contributed by atoms with van der Waals surface area (Å²) in [6.45, 7) is 12.3. The lowest BCUT2D eigenvalue weighted by molar-refractivity contribution is -0.138. The minimum atomic E-state index is -4.58. The Hall–Kier alpha value is -2.07. The van der Waals surface area contributed by atoms with Gasteiger partial charge in [0, 0.05) is 12.7 Å². The zero-order chi connectivity index (χ0) is 23.0. The highest BCUT2D eigenvalue weighted by Crippen LogP contribution is 2.39. The number of hydrogen-bond acceptors (Lipinski definition) is 5. The van der Waals surface area contributed by atoms with Crippen LogP contribution in [0.2, 0.25) is 0 Å². The number of aromatic nitrogens is 1. The van der Waals surface area contributed by atoms with E-state index < -0.39 is 41.8 Å². The third-order valence-electron chi connectivity index (χ3n) is 4.86. The Balaban J connectivity index is 2.38. The third kappa shape index (κ3) is 5.98. The second kappa shape index (κ2) is 8.22. The minimum absolute atomic E-state index is 0.139. The van der Waals surface area contributed by atoms with E-state index >= 15 is 0 Å². The number of hydrogen-bond donors (Lipinski definition) is 1. The summed E-state index contributed by atoms with van der Waals surface area (Å²) in [4.78, 5) is 15.9. The third-order valence-corrected chi connectivity index (χ3v) is 4.86. The van der Waals surface area contributed by atoms with Crippen molar-refractivity contribution in [2.45, 2.75) is 71.4 Å². The molecule has 0 aromatic carbocycles. The fourth-order valence-corrected chi connectivity index (χ4v) is 2.63. The molecule has 0 saturated carbocycles. The Morgan fingerprint density at radius 2 is 1.77 bits per heavy atom. The van der Waals surface area contributed by atoms with Gasteiger partial charge in [-0.1, -0.05) is 0 Å². The van der Waals surface area contributed by atoms with E-state index in [1.54, 1.807) is 20.8 Å². The molecule has 0 radical (unpaired) electrons. The second-order valence-electron chi connectivity index (χ2n) is 9.10. The van der Waals surface area contributed by atoms with Crippen LogP contribution >= 0.6 is 0 Å². The van der Waals surface area contributed by atoms with Crippen molar-refractivity contribution in [3.63, 3.8) is 0 Å². The molecular weight excluding hydrogens is 400 g/mol. The van der Waals surface area contributed by atoms with Gasteiger partial charge >= 0.3 is 19.4 Å². The lowest BCUT2D eigenvalue weighted by atomic mass is 9.77. The van der Waals surface area contributed by atoms with Gasteiger partial charge in [0.2, 0.25) is 0 Å². The van der Waals surface area contributed by atoms with Crippen LogP contribution in [0.4, 0.5) is 18.0 Å². The van der Waals surface area contributed by atoms with Crippen molar-refractivity contribution in [2.24, 2.45) is 0 Å². The van der Waals surface area contributed by atoms with Crippen molar-refractivity contribution >= 4 is 19.3 Å². The first-order chi connectivity index (χ1) is 13.5. The van der Waals surface area contributed by atoms with Gasteiger partial charge in [-0.15, -0.1) is 0 Å². The molecule has 0 spiro atoms. The number of pyridine rings is 1. The van der Waals surface area contributed by atoms with Crippen LogP contribution in [0.5, 0.6) is 0 Å². The van der Waals surface area contributed by atoms with E-state index in [2.05, 4.69) is 10.3 Å². The fourth-order valence-electron chi connectivity index (χ4n) is 2.63. The summed E-state index contributed by atoms with van der Waals surface area (Å²) in [5.74, 6) is 0. The van der Waals surface area contributed by atoms with Crippen LogP contribution in [0.25, 0.3) is 6.08 Å². The van der Waals surface area contributed by atoms with Gasteiger partial charge in [-0.05, 0) is 72.1 Å². The Morgan fingerprint density at radius 3 is 2.27 bits per heavy atom. The molecule has 1 amide bonds. The van der Waals surface area contributed by atoms with Gasteiger partial charge in [-0.2, -0.15) is 13.2 Å². The van der Waals surface area contributed by atoms with Gasteiger partial charge in [0.05, 0.1) is 22.5 Å². The van der Waals surface area contributed by atoms with E-state index in [-0.39, 0.29) is 17.7 Å². The van der Waals surface area contributed by atoms with E-state index in [9.17, 15) is 18.0 Å². The molecule has 2 rings (SSSR count). The highest BCUT2D eigenvalue weighted by molar-refractivity contribution is 6.56. The van der Waals surface area contributed by atoms with Crippen molar-refractivity contribution in [3.8, 4) is 0 Å². The predicted molar refractivity (Wildman–Crippen MR) is 108 cm³/mol. The summed E-state index contributed by atoms with van der Waals surface area (Å²) in [6.07, 6.45) is -2.78. The lowest BCUT2D eigenvalue weighted by Gasteiger charge is -2.32. The molecule has 0 aliphatic carbocycles. The maximum absolute atomic E-state index is 13.4. The molecule has 0 unspecified atom stereocenters. The number of amides is 1. The number of nitrogens with zero attached hydrogens (tertiary/aromatic N) is 1. The number of ether oxygens (including phenoxy) is 1. The monoisotopic (exact) mass is 428 g/mol. The van der Waals surface area contributed by atoms with Crippen molar-refractivity contribution in [1.82, 2.24) is 10.3 Å². The maximum Gasteiger partial charge on any atom is 0.492 e. The van der Waals surface area contributed by atoms with Crippen LogP contribution in [-0.4, -0.2) is 41.5 Å². The zero-order valence-electron chi connectivity index (χ0n) is 18.3. The highest BCUT2D eigenvalue weighted by atomic mass is 19.4. The summed E-state index contributed by atoms with van der Waals surface area (Å²) in [6, 6.07) is 2.16. The Morgan fingerprint density at radius 1 is 1.20 bits per heavy atom. The molecular formula is C20H28BF3N2O4. The summed E-state index contributed by atoms with van der Waals surface area (Å²) in [5, 5.41) is 2.55. The second-order valence-corrected chi connectivity index (χ2v) is 9.10. The number of alkyl halides is 3. The number of rotatable bonds is 4. The smallest absolute Gasteiger partial charge is 0.444 e. The van der Waals surface area contributed by atoms with Gasteiger partial charge in [0.1, 0.15) is 5.60 Å². The van der Waals surface area contributed by atoms with Crippen LogP contribution in [-0.2, 0) is 20.2 Å². The SMILES string of the molecule is CC(C)(C)OC(=O)NCC(=Cc1ncccc1C(F)(F)F)B1OC(C)(C)C(C)(C)O1. The molecule has 1 aliphatic heterocycles. The molecule has 1 N–H and O–H groups in total. The fraction of sp³-hybridized carbons (Fsp3) is 0.600. The molecule has 1 saturated heterocycles. The van der Waals surface area contributed by atoms with Gasteiger partial charge in [-0.25, -0.2) is 4.79 Å². The maximum atomic E-state index is 13.4. The quantitative estimate of drug-likeness (QED) is 0.708. The Bertz CT molecular complexity index is 801. The number of nitrogens with one attached hydrogen (secondary N) is 1. The summed E-state index contributed by atoms with van der Waals surface area (Å²) in [7, 11) is -0.965. The Kier molecular flexibility index (Phi) is 6.64. The molecule has 0 bridgehead atoms. The van der Waals surface area contributed by atoms with Gasteiger partial charge in [0.25, 0.3) is 0 Å². The molecule has 2 heterocycles. The van der Waals surface area contributed by atoms with Crippen molar-refractivity contribution in [3.05, 3.63) is 35.1 Å². The summed E-state index contributed by atoms with van der Waals surface area (Å²) < 4.78 is 57.3.